The highest BCUT2D eigenvalue weighted by atomic mass is 35.5. The third-order valence-electron chi connectivity index (χ3n) is 3.23. The third-order valence-corrected chi connectivity index (χ3v) is 3.23. The highest BCUT2D eigenvalue weighted by molar-refractivity contribution is 5.87. The number of carbonyl (C=O) groups excluding carboxylic acids is 1. The van der Waals surface area contributed by atoms with E-state index in [-0.39, 0.29) is 18.3 Å². The van der Waals surface area contributed by atoms with Gasteiger partial charge in [0.05, 0.1) is 6.61 Å². The summed E-state index contributed by atoms with van der Waals surface area (Å²) in [6, 6.07) is 12.1. The number of nitrogens with one attached hydrogen (secondary N) is 1. The van der Waals surface area contributed by atoms with Crippen molar-refractivity contribution in [2.75, 3.05) is 20.3 Å². The van der Waals surface area contributed by atoms with Crippen LogP contribution in [0, 0.1) is 0 Å². The van der Waals surface area contributed by atoms with Crippen LogP contribution >= 0.6 is 12.4 Å². The molecule has 1 amide bonds. The van der Waals surface area contributed by atoms with Gasteiger partial charge in [-0.15, -0.1) is 12.4 Å². The third kappa shape index (κ3) is 5.20. The highest BCUT2D eigenvalue weighted by Crippen LogP contribution is 2.24. The van der Waals surface area contributed by atoms with Gasteiger partial charge in [-0.05, 0) is 28.5 Å². The molecule has 2 aromatic carbocycles. The summed E-state index contributed by atoms with van der Waals surface area (Å²) in [5, 5.41) is 5.08. The van der Waals surface area contributed by atoms with Crippen LogP contribution in [0.25, 0.3) is 10.8 Å². The number of hydrogen-bond acceptors (Lipinski definition) is 3. The van der Waals surface area contributed by atoms with E-state index in [4.69, 9.17) is 9.47 Å². The van der Waals surface area contributed by atoms with Gasteiger partial charge in [0.1, 0.15) is 5.75 Å². The first-order chi connectivity index (χ1) is 10.2. The molecule has 0 bridgehead atoms. The van der Waals surface area contributed by atoms with Crippen molar-refractivity contribution < 1.29 is 14.3 Å². The number of amides is 1. The molecule has 2 aromatic rings. The Morgan fingerprint density at radius 2 is 2.00 bits per heavy atom. The van der Waals surface area contributed by atoms with Crippen LogP contribution in [0.15, 0.2) is 36.4 Å². The maximum atomic E-state index is 11.1. The Morgan fingerprint density at radius 3 is 2.73 bits per heavy atom. The van der Waals surface area contributed by atoms with Gasteiger partial charge in [-0.1, -0.05) is 24.3 Å². The first kappa shape index (κ1) is 18.3. The highest BCUT2D eigenvalue weighted by Gasteiger charge is 2.04. The van der Waals surface area contributed by atoms with E-state index in [1.54, 1.807) is 7.11 Å². The molecule has 4 nitrogen and oxygen atoms in total. The molecule has 0 aliphatic heterocycles. The molecule has 22 heavy (non-hydrogen) atoms. The maximum Gasteiger partial charge on any atom is 0.217 e. The Hall–Kier alpha value is -1.78. The van der Waals surface area contributed by atoms with Gasteiger partial charge in [-0.25, -0.2) is 0 Å². The molecule has 1 N–H and O–H groups in total. The maximum absolute atomic E-state index is 11.1. The van der Waals surface area contributed by atoms with Crippen molar-refractivity contribution in [2.45, 2.75) is 19.9 Å². The fourth-order valence-electron chi connectivity index (χ4n) is 2.17. The van der Waals surface area contributed by atoms with E-state index in [9.17, 15) is 4.79 Å². The zero-order chi connectivity index (χ0) is 15.1. The molecular formula is C17H22ClNO3. The largest absolute Gasteiger partial charge is 0.493 e. The minimum absolute atomic E-state index is 0. The second kappa shape index (κ2) is 9.28. The predicted molar refractivity (Wildman–Crippen MR) is 90.7 cm³/mol. The molecule has 0 aliphatic rings. The van der Waals surface area contributed by atoms with Crippen molar-refractivity contribution in [3.63, 3.8) is 0 Å². The summed E-state index contributed by atoms with van der Waals surface area (Å²) in [6.07, 6.45) is 0.863. The van der Waals surface area contributed by atoms with E-state index < -0.39 is 0 Å². The van der Waals surface area contributed by atoms with Crippen LogP contribution < -0.4 is 10.1 Å². The summed E-state index contributed by atoms with van der Waals surface area (Å²) in [4.78, 5) is 11.1. The molecule has 0 spiro atoms. The number of benzene rings is 2. The average molecular weight is 324 g/mol. The van der Waals surface area contributed by atoms with Crippen molar-refractivity contribution in [3.8, 4) is 5.75 Å². The van der Waals surface area contributed by atoms with Gasteiger partial charge in [-0.3, -0.25) is 4.79 Å². The first-order valence-electron chi connectivity index (χ1n) is 7.08. The Labute approximate surface area is 137 Å². The van der Waals surface area contributed by atoms with Crippen molar-refractivity contribution in [1.29, 1.82) is 0 Å². The Kier molecular flexibility index (Phi) is 7.71. The number of fused-ring (bicyclic) bond motifs is 1. The molecule has 0 fully saturated rings. The zero-order valence-electron chi connectivity index (χ0n) is 12.9. The molecule has 0 unspecified atom stereocenters. The second-order valence-electron chi connectivity index (χ2n) is 4.90. The van der Waals surface area contributed by atoms with Gasteiger partial charge in [0, 0.05) is 33.6 Å². The van der Waals surface area contributed by atoms with Gasteiger partial charge in [0.25, 0.3) is 0 Å². The number of hydrogen-bond donors (Lipinski definition) is 1. The quantitative estimate of drug-likeness (QED) is 0.795. The van der Waals surface area contributed by atoms with Crippen molar-refractivity contribution in [3.05, 3.63) is 42.0 Å². The molecule has 0 saturated carbocycles. The molecular weight excluding hydrogens is 302 g/mol. The predicted octanol–water partition coefficient (Wildman–Crippen LogP) is 3.31. The van der Waals surface area contributed by atoms with E-state index in [1.807, 2.05) is 30.3 Å². The standard InChI is InChI=1S/C17H21NO3.ClH/c1-13(19)18-12-15-6-3-5-14-7-8-16(11-17(14)15)21-10-4-9-20-2;/h3,5-8,11H,4,9-10,12H2,1-2H3,(H,18,19);1H. The van der Waals surface area contributed by atoms with Crippen LogP contribution in [0.2, 0.25) is 0 Å². The number of ether oxygens (including phenoxy) is 2. The van der Waals surface area contributed by atoms with Crippen molar-refractivity contribution >= 4 is 29.1 Å². The number of rotatable bonds is 7. The number of carbonyl (C=O) groups is 1. The van der Waals surface area contributed by atoms with E-state index in [0.29, 0.717) is 19.8 Å². The lowest BCUT2D eigenvalue weighted by Gasteiger charge is -2.10. The van der Waals surface area contributed by atoms with Gasteiger partial charge in [-0.2, -0.15) is 0 Å². The van der Waals surface area contributed by atoms with Gasteiger partial charge in [0.15, 0.2) is 0 Å². The summed E-state index contributed by atoms with van der Waals surface area (Å²) < 4.78 is 10.7. The lowest BCUT2D eigenvalue weighted by molar-refractivity contribution is -0.119. The van der Waals surface area contributed by atoms with Gasteiger partial charge in [0.2, 0.25) is 5.91 Å². The first-order valence-corrected chi connectivity index (χ1v) is 7.08. The number of halogens is 1. The second-order valence-corrected chi connectivity index (χ2v) is 4.90. The van der Waals surface area contributed by atoms with E-state index >= 15 is 0 Å². The van der Waals surface area contributed by atoms with Crippen LogP contribution in [0.1, 0.15) is 18.9 Å². The summed E-state index contributed by atoms with van der Waals surface area (Å²) >= 11 is 0. The van der Waals surface area contributed by atoms with E-state index in [0.717, 1.165) is 28.5 Å². The molecule has 0 atom stereocenters. The monoisotopic (exact) mass is 323 g/mol. The van der Waals surface area contributed by atoms with Gasteiger partial charge < -0.3 is 14.8 Å². The molecule has 0 radical (unpaired) electrons. The SMILES string of the molecule is COCCCOc1ccc2cccc(CNC(C)=O)c2c1.Cl. The lowest BCUT2D eigenvalue weighted by Crippen LogP contribution is -2.18. The fourth-order valence-corrected chi connectivity index (χ4v) is 2.17. The minimum Gasteiger partial charge on any atom is -0.493 e. The molecule has 0 aromatic heterocycles. The van der Waals surface area contributed by atoms with Crippen LogP contribution in [-0.2, 0) is 16.1 Å². The summed E-state index contributed by atoms with van der Waals surface area (Å²) in [5.41, 5.74) is 1.09. The molecule has 0 aliphatic carbocycles. The Bertz CT molecular complexity index is 616. The van der Waals surface area contributed by atoms with Gasteiger partial charge >= 0.3 is 0 Å². The minimum atomic E-state index is -0.0287. The lowest BCUT2D eigenvalue weighted by atomic mass is 10.0. The zero-order valence-corrected chi connectivity index (χ0v) is 13.7. The van der Waals surface area contributed by atoms with Crippen LogP contribution in [-0.4, -0.2) is 26.2 Å². The normalized spacial score (nSPS) is 10.1. The van der Waals surface area contributed by atoms with Crippen molar-refractivity contribution in [1.82, 2.24) is 5.32 Å². The van der Waals surface area contributed by atoms with E-state index in [2.05, 4.69) is 11.4 Å². The molecule has 120 valence electrons. The molecule has 0 heterocycles. The topological polar surface area (TPSA) is 47.6 Å². The summed E-state index contributed by atoms with van der Waals surface area (Å²) in [5.74, 6) is 0.813. The summed E-state index contributed by atoms with van der Waals surface area (Å²) in [7, 11) is 1.68. The van der Waals surface area contributed by atoms with E-state index in [1.165, 1.54) is 6.92 Å². The van der Waals surface area contributed by atoms with Crippen LogP contribution in [0.5, 0.6) is 5.75 Å². The number of methoxy groups -OCH3 is 1. The molecule has 2 rings (SSSR count). The Balaban J connectivity index is 0.00000242. The van der Waals surface area contributed by atoms with Crippen LogP contribution in [0.3, 0.4) is 0 Å². The Morgan fingerprint density at radius 1 is 1.18 bits per heavy atom. The molecule has 5 heteroatoms. The molecule has 0 saturated heterocycles. The van der Waals surface area contributed by atoms with Crippen LogP contribution in [0.4, 0.5) is 0 Å². The van der Waals surface area contributed by atoms with Crippen molar-refractivity contribution in [2.24, 2.45) is 0 Å². The average Bonchev–Trinajstić information content (AvgIpc) is 2.49. The summed E-state index contributed by atoms with van der Waals surface area (Å²) in [6.45, 7) is 3.38. The fraction of sp³-hybridized carbons (Fsp3) is 0.353. The smallest absolute Gasteiger partial charge is 0.217 e.